The van der Waals surface area contributed by atoms with Crippen LogP contribution in [0.1, 0.15) is 12.5 Å². The average Bonchev–Trinajstić information content (AvgIpc) is 2.42. The van der Waals surface area contributed by atoms with E-state index in [4.69, 9.17) is 9.84 Å². The van der Waals surface area contributed by atoms with Crippen molar-refractivity contribution < 1.29 is 23.8 Å². The van der Waals surface area contributed by atoms with Gasteiger partial charge in [-0.25, -0.2) is 9.18 Å². The van der Waals surface area contributed by atoms with Crippen molar-refractivity contribution in [1.29, 1.82) is 0 Å². The van der Waals surface area contributed by atoms with Gasteiger partial charge in [0.15, 0.2) is 6.10 Å². The molecule has 1 N–H and O–H groups in total. The lowest BCUT2D eigenvalue weighted by atomic mass is 10.1. The van der Waals surface area contributed by atoms with E-state index in [1.54, 1.807) is 13.0 Å². The lowest BCUT2D eigenvalue weighted by Gasteiger charge is -2.35. The minimum Gasteiger partial charge on any atom is -0.479 e. The Bertz CT molecular complexity index is 566. The molecule has 1 saturated heterocycles. The van der Waals surface area contributed by atoms with Gasteiger partial charge in [-0.05, 0) is 30.7 Å². The smallest absolute Gasteiger partial charge is 0.334 e. The van der Waals surface area contributed by atoms with Gasteiger partial charge in [-0.3, -0.25) is 4.79 Å². The van der Waals surface area contributed by atoms with Gasteiger partial charge in [0, 0.05) is 11.0 Å². The minimum absolute atomic E-state index is 0.00540. The standard InChI is InChI=1S/C14H15BrFNO4/c1-8-6-17(7-12(21-8)14(19)20)13(18)5-9-4-10(16)2-3-11(9)15/h2-4,8,12H,5-7H2,1H3,(H,19,20)/t8-,12?/m1/s1. The third kappa shape index (κ3) is 4.01. The van der Waals surface area contributed by atoms with Crippen LogP contribution in [0.25, 0.3) is 0 Å². The van der Waals surface area contributed by atoms with Gasteiger partial charge in [-0.1, -0.05) is 15.9 Å². The number of carbonyl (C=O) groups is 2. The highest BCUT2D eigenvalue weighted by Crippen LogP contribution is 2.20. The van der Waals surface area contributed by atoms with Gasteiger partial charge >= 0.3 is 5.97 Å². The van der Waals surface area contributed by atoms with Crippen LogP contribution in [0, 0.1) is 5.82 Å². The van der Waals surface area contributed by atoms with Gasteiger partial charge in [0.25, 0.3) is 0 Å². The van der Waals surface area contributed by atoms with E-state index in [2.05, 4.69) is 15.9 Å². The van der Waals surface area contributed by atoms with E-state index >= 15 is 0 Å². The summed E-state index contributed by atoms with van der Waals surface area (Å²) in [5.41, 5.74) is 0.533. The Labute approximate surface area is 129 Å². The Morgan fingerprint density at radius 2 is 2.19 bits per heavy atom. The summed E-state index contributed by atoms with van der Waals surface area (Å²) < 4.78 is 19.1. The van der Waals surface area contributed by atoms with Crippen molar-refractivity contribution in [3.05, 3.63) is 34.1 Å². The number of benzene rings is 1. The number of halogens is 2. The van der Waals surface area contributed by atoms with Crippen LogP contribution in [0.3, 0.4) is 0 Å². The SMILES string of the molecule is C[C@@H]1CN(C(=O)Cc2cc(F)ccc2Br)CC(C(=O)O)O1. The van der Waals surface area contributed by atoms with Crippen molar-refractivity contribution in [2.24, 2.45) is 0 Å². The van der Waals surface area contributed by atoms with Crippen LogP contribution in [0.15, 0.2) is 22.7 Å². The molecule has 1 amide bonds. The maximum absolute atomic E-state index is 13.2. The van der Waals surface area contributed by atoms with E-state index in [0.717, 1.165) is 0 Å². The molecular formula is C14H15BrFNO4. The molecule has 2 atom stereocenters. The van der Waals surface area contributed by atoms with Crippen molar-refractivity contribution >= 4 is 27.8 Å². The molecule has 2 rings (SSSR count). The van der Waals surface area contributed by atoms with Crippen LogP contribution < -0.4 is 0 Å². The van der Waals surface area contributed by atoms with E-state index in [-0.39, 0.29) is 25.0 Å². The highest BCUT2D eigenvalue weighted by Gasteiger charge is 2.32. The molecule has 1 aliphatic rings. The van der Waals surface area contributed by atoms with E-state index in [9.17, 15) is 14.0 Å². The summed E-state index contributed by atoms with van der Waals surface area (Å²) in [5, 5.41) is 9.01. The number of hydrogen-bond acceptors (Lipinski definition) is 3. The van der Waals surface area contributed by atoms with Crippen LogP contribution in [0.5, 0.6) is 0 Å². The Morgan fingerprint density at radius 3 is 2.86 bits per heavy atom. The summed E-state index contributed by atoms with van der Waals surface area (Å²) in [7, 11) is 0. The largest absolute Gasteiger partial charge is 0.479 e. The van der Waals surface area contributed by atoms with Gasteiger partial charge in [-0.15, -0.1) is 0 Å². The number of carboxylic acids is 1. The van der Waals surface area contributed by atoms with Crippen LogP contribution in [0.2, 0.25) is 0 Å². The number of rotatable bonds is 3. The minimum atomic E-state index is -1.09. The molecule has 0 aliphatic carbocycles. The summed E-state index contributed by atoms with van der Waals surface area (Å²) in [4.78, 5) is 24.7. The van der Waals surface area contributed by atoms with Crippen molar-refractivity contribution in [3.63, 3.8) is 0 Å². The zero-order chi connectivity index (χ0) is 15.6. The number of aliphatic carboxylic acids is 1. The van der Waals surface area contributed by atoms with Gasteiger partial charge < -0.3 is 14.7 Å². The molecule has 1 aromatic rings. The molecular weight excluding hydrogens is 345 g/mol. The second-order valence-corrected chi connectivity index (χ2v) is 5.84. The molecule has 1 heterocycles. The quantitative estimate of drug-likeness (QED) is 0.893. The summed E-state index contributed by atoms with van der Waals surface area (Å²) in [5.74, 6) is -1.76. The number of ether oxygens (including phenoxy) is 1. The van der Waals surface area contributed by atoms with E-state index < -0.39 is 17.9 Å². The Balaban J connectivity index is 2.08. The predicted octanol–water partition coefficient (Wildman–Crippen LogP) is 1.83. The van der Waals surface area contributed by atoms with Crippen LogP contribution in [0.4, 0.5) is 4.39 Å². The maximum atomic E-state index is 13.2. The van der Waals surface area contributed by atoms with Crippen LogP contribution in [-0.4, -0.2) is 47.2 Å². The molecule has 0 saturated carbocycles. The second kappa shape index (κ2) is 6.53. The number of carboxylic acid groups (broad SMARTS) is 1. The van der Waals surface area contributed by atoms with Crippen molar-refractivity contribution in [2.45, 2.75) is 25.6 Å². The van der Waals surface area contributed by atoms with Gasteiger partial charge in [0.05, 0.1) is 19.1 Å². The molecule has 0 aromatic heterocycles. The Kier molecular flexibility index (Phi) is 4.95. The molecule has 114 valence electrons. The lowest BCUT2D eigenvalue weighted by molar-refractivity contribution is -0.166. The van der Waals surface area contributed by atoms with Gasteiger partial charge in [0.1, 0.15) is 5.82 Å². The monoisotopic (exact) mass is 359 g/mol. The molecule has 1 aromatic carbocycles. The predicted molar refractivity (Wildman–Crippen MR) is 76.4 cm³/mol. The fourth-order valence-corrected chi connectivity index (χ4v) is 2.63. The molecule has 5 nitrogen and oxygen atoms in total. The third-order valence-electron chi connectivity index (χ3n) is 3.24. The van der Waals surface area contributed by atoms with Gasteiger partial charge in [-0.2, -0.15) is 0 Å². The Morgan fingerprint density at radius 1 is 1.48 bits per heavy atom. The fourth-order valence-electron chi connectivity index (χ4n) is 2.24. The first kappa shape index (κ1) is 15.9. The number of morpholine rings is 1. The van der Waals surface area contributed by atoms with E-state index in [0.29, 0.717) is 16.6 Å². The lowest BCUT2D eigenvalue weighted by Crippen LogP contribution is -2.52. The van der Waals surface area contributed by atoms with E-state index in [1.807, 2.05) is 0 Å². The van der Waals surface area contributed by atoms with E-state index in [1.165, 1.54) is 17.0 Å². The summed E-state index contributed by atoms with van der Waals surface area (Å²) in [6.45, 7) is 2.05. The van der Waals surface area contributed by atoms with Crippen molar-refractivity contribution in [2.75, 3.05) is 13.1 Å². The first-order valence-electron chi connectivity index (χ1n) is 6.46. The molecule has 21 heavy (non-hydrogen) atoms. The summed E-state index contributed by atoms with van der Waals surface area (Å²) in [6.07, 6.45) is -1.36. The highest BCUT2D eigenvalue weighted by molar-refractivity contribution is 9.10. The number of hydrogen-bond donors (Lipinski definition) is 1. The normalized spacial score (nSPS) is 22.1. The zero-order valence-corrected chi connectivity index (χ0v) is 13.0. The molecule has 0 bridgehead atoms. The Hall–Kier alpha value is -1.47. The first-order chi connectivity index (χ1) is 9.86. The average molecular weight is 360 g/mol. The highest BCUT2D eigenvalue weighted by atomic mass is 79.9. The maximum Gasteiger partial charge on any atom is 0.334 e. The number of amides is 1. The topological polar surface area (TPSA) is 66.8 Å². The number of carbonyl (C=O) groups excluding carboxylic acids is 1. The molecule has 1 unspecified atom stereocenters. The third-order valence-corrected chi connectivity index (χ3v) is 4.01. The molecule has 1 aliphatic heterocycles. The van der Waals surface area contributed by atoms with Crippen LogP contribution in [-0.2, 0) is 20.7 Å². The summed E-state index contributed by atoms with van der Waals surface area (Å²) in [6, 6.07) is 4.13. The van der Waals surface area contributed by atoms with Gasteiger partial charge in [0.2, 0.25) is 5.91 Å². The zero-order valence-electron chi connectivity index (χ0n) is 11.4. The van der Waals surface area contributed by atoms with Crippen molar-refractivity contribution in [1.82, 2.24) is 4.90 Å². The molecule has 0 spiro atoms. The second-order valence-electron chi connectivity index (χ2n) is 4.98. The fraction of sp³-hybridized carbons (Fsp3) is 0.429. The van der Waals surface area contributed by atoms with Crippen LogP contribution >= 0.6 is 15.9 Å². The number of nitrogens with zero attached hydrogens (tertiary/aromatic N) is 1. The summed E-state index contributed by atoms with van der Waals surface area (Å²) >= 11 is 3.27. The molecule has 1 fully saturated rings. The molecule has 7 heteroatoms. The van der Waals surface area contributed by atoms with Crippen molar-refractivity contribution in [3.8, 4) is 0 Å². The molecule has 0 radical (unpaired) electrons. The first-order valence-corrected chi connectivity index (χ1v) is 7.26.